The highest BCUT2D eigenvalue weighted by atomic mass is 15.1. The van der Waals surface area contributed by atoms with Crippen LogP contribution in [0.5, 0.6) is 0 Å². The molecular formula is C13H21N. The summed E-state index contributed by atoms with van der Waals surface area (Å²) in [6, 6.07) is 8.96. The summed E-state index contributed by atoms with van der Waals surface area (Å²) in [6.07, 6.45) is 1.13. The Morgan fingerprint density at radius 2 is 1.36 bits per heavy atom. The van der Waals surface area contributed by atoms with Gasteiger partial charge in [0.2, 0.25) is 0 Å². The molecule has 78 valence electrons. The molecule has 1 rings (SSSR count). The fourth-order valence-electron chi connectivity index (χ4n) is 1.59. The van der Waals surface area contributed by atoms with Gasteiger partial charge in [0, 0.05) is 6.54 Å². The molecule has 0 saturated carbocycles. The summed E-state index contributed by atoms with van der Waals surface area (Å²) in [6.45, 7) is 9.96. The van der Waals surface area contributed by atoms with Crippen molar-refractivity contribution in [2.45, 2.75) is 33.7 Å². The van der Waals surface area contributed by atoms with Gasteiger partial charge in [-0.2, -0.15) is 0 Å². The molecule has 1 aromatic rings. The number of aryl methyl sites for hydroxylation is 1. The Hall–Kier alpha value is -0.820. The molecule has 0 aromatic heterocycles. The number of hydrogen-bond acceptors (Lipinski definition) is 1. The third-order valence-electron chi connectivity index (χ3n) is 2.73. The highest BCUT2D eigenvalue weighted by molar-refractivity contribution is 5.22. The van der Waals surface area contributed by atoms with Crippen LogP contribution in [0.15, 0.2) is 24.3 Å². The van der Waals surface area contributed by atoms with Crippen molar-refractivity contribution in [2.24, 2.45) is 0 Å². The summed E-state index contributed by atoms with van der Waals surface area (Å²) >= 11 is 0. The standard InChI is InChI=1S/C13H21N/c1-4-12-7-9-13(10-8-12)11-14(5-2)6-3/h7-10H,4-6,11H2,1-3H3. The van der Waals surface area contributed by atoms with Crippen LogP contribution in [0.3, 0.4) is 0 Å². The number of benzene rings is 1. The first-order valence-corrected chi connectivity index (χ1v) is 5.60. The summed E-state index contributed by atoms with van der Waals surface area (Å²) < 4.78 is 0. The highest BCUT2D eigenvalue weighted by Crippen LogP contribution is 2.07. The van der Waals surface area contributed by atoms with E-state index in [4.69, 9.17) is 0 Å². The van der Waals surface area contributed by atoms with E-state index in [0.29, 0.717) is 0 Å². The minimum absolute atomic E-state index is 1.08. The Bertz CT molecular complexity index is 246. The van der Waals surface area contributed by atoms with Gasteiger partial charge < -0.3 is 0 Å². The molecule has 0 bridgehead atoms. The molecule has 0 aliphatic rings. The van der Waals surface area contributed by atoms with Gasteiger partial charge in [-0.15, -0.1) is 0 Å². The van der Waals surface area contributed by atoms with Gasteiger partial charge in [-0.05, 0) is 30.6 Å². The fourth-order valence-corrected chi connectivity index (χ4v) is 1.59. The molecule has 1 aromatic carbocycles. The Balaban J connectivity index is 2.58. The zero-order valence-corrected chi connectivity index (χ0v) is 9.59. The maximum Gasteiger partial charge on any atom is 0.0233 e. The molecule has 0 radical (unpaired) electrons. The van der Waals surface area contributed by atoms with Gasteiger partial charge in [-0.25, -0.2) is 0 Å². The number of hydrogen-bond donors (Lipinski definition) is 0. The van der Waals surface area contributed by atoms with E-state index < -0.39 is 0 Å². The molecule has 1 nitrogen and oxygen atoms in total. The van der Waals surface area contributed by atoms with E-state index in [1.807, 2.05) is 0 Å². The molecule has 0 amide bonds. The number of rotatable bonds is 5. The lowest BCUT2D eigenvalue weighted by molar-refractivity contribution is 0.296. The van der Waals surface area contributed by atoms with Gasteiger partial charge in [-0.3, -0.25) is 4.90 Å². The van der Waals surface area contributed by atoms with E-state index in [9.17, 15) is 0 Å². The summed E-state index contributed by atoms with van der Waals surface area (Å²) in [5.74, 6) is 0. The third-order valence-corrected chi connectivity index (χ3v) is 2.73. The van der Waals surface area contributed by atoms with Crippen LogP contribution in [0.4, 0.5) is 0 Å². The lowest BCUT2D eigenvalue weighted by atomic mass is 10.1. The van der Waals surface area contributed by atoms with Gasteiger partial charge in [0.05, 0.1) is 0 Å². The van der Waals surface area contributed by atoms with Crippen molar-refractivity contribution in [1.82, 2.24) is 4.90 Å². The third kappa shape index (κ3) is 3.15. The van der Waals surface area contributed by atoms with Crippen LogP contribution in [0, 0.1) is 0 Å². The van der Waals surface area contributed by atoms with Crippen LogP contribution in [0.25, 0.3) is 0 Å². The molecule has 0 heterocycles. The second-order valence-corrected chi connectivity index (χ2v) is 3.63. The number of nitrogens with zero attached hydrogens (tertiary/aromatic N) is 1. The summed E-state index contributed by atoms with van der Waals surface area (Å²) in [5.41, 5.74) is 2.85. The average molecular weight is 191 g/mol. The van der Waals surface area contributed by atoms with Gasteiger partial charge >= 0.3 is 0 Å². The maximum atomic E-state index is 2.43. The normalized spacial score (nSPS) is 10.9. The lowest BCUT2D eigenvalue weighted by Crippen LogP contribution is -2.21. The lowest BCUT2D eigenvalue weighted by Gasteiger charge is -2.17. The van der Waals surface area contributed by atoms with Crippen LogP contribution in [-0.2, 0) is 13.0 Å². The van der Waals surface area contributed by atoms with Crippen molar-refractivity contribution in [3.63, 3.8) is 0 Å². The molecule has 0 unspecified atom stereocenters. The highest BCUT2D eigenvalue weighted by Gasteiger charge is 2.00. The first-order chi connectivity index (χ1) is 6.80. The van der Waals surface area contributed by atoms with E-state index >= 15 is 0 Å². The SMILES string of the molecule is CCc1ccc(CN(CC)CC)cc1. The van der Waals surface area contributed by atoms with Crippen LogP contribution in [-0.4, -0.2) is 18.0 Å². The van der Waals surface area contributed by atoms with Gasteiger partial charge in [0.1, 0.15) is 0 Å². The summed E-state index contributed by atoms with van der Waals surface area (Å²) in [5, 5.41) is 0. The quantitative estimate of drug-likeness (QED) is 0.691. The van der Waals surface area contributed by atoms with Crippen molar-refractivity contribution < 1.29 is 0 Å². The zero-order chi connectivity index (χ0) is 10.4. The zero-order valence-electron chi connectivity index (χ0n) is 9.59. The Labute approximate surface area is 87.7 Å². The molecule has 0 aliphatic carbocycles. The van der Waals surface area contributed by atoms with Crippen molar-refractivity contribution in [3.05, 3.63) is 35.4 Å². The minimum Gasteiger partial charge on any atom is -0.300 e. The molecule has 0 spiro atoms. The van der Waals surface area contributed by atoms with Crippen LogP contribution >= 0.6 is 0 Å². The fraction of sp³-hybridized carbons (Fsp3) is 0.538. The van der Waals surface area contributed by atoms with E-state index in [1.165, 1.54) is 11.1 Å². The Morgan fingerprint density at radius 3 is 1.79 bits per heavy atom. The Kier molecular flexibility index (Phi) is 4.68. The molecule has 14 heavy (non-hydrogen) atoms. The molecule has 0 fully saturated rings. The second kappa shape index (κ2) is 5.82. The second-order valence-electron chi connectivity index (χ2n) is 3.63. The largest absolute Gasteiger partial charge is 0.300 e. The van der Waals surface area contributed by atoms with Crippen molar-refractivity contribution in [2.75, 3.05) is 13.1 Å². The predicted molar refractivity (Wildman–Crippen MR) is 62.4 cm³/mol. The molecule has 0 saturated heterocycles. The first kappa shape index (κ1) is 11.3. The topological polar surface area (TPSA) is 3.24 Å². The molecule has 1 heteroatoms. The molecular weight excluding hydrogens is 170 g/mol. The van der Waals surface area contributed by atoms with Crippen LogP contribution in [0.1, 0.15) is 31.9 Å². The van der Waals surface area contributed by atoms with Crippen LogP contribution < -0.4 is 0 Å². The molecule has 0 N–H and O–H groups in total. The monoisotopic (exact) mass is 191 g/mol. The summed E-state index contributed by atoms with van der Waals surface area (Å²) in [4.78, 5) is 2.43. The predicted octanol–water partition coefficient (Wildman–Crippen LogP) is 3.09. The van der Waals surface area contributed by atoms with E-state index in [-0.39, 0.29) is 0 Å². The van der Waals surface area contributed by atoms with Crippen molar-refractivity contribution in [3.8, 4) is 0 Å². The van der Waals surface area contributed by atoms with Crippen molar-refractivity contribution >= 4 is 0 Å². The average Bonchev–Trinajstić information content (AvgIpc) is 2.26. The van der Waals surface area contributed by atoms with E-state index in [0.717, 1.165) is 26.1 Å². The van der Waals surface area contributed by atoms with Crippen molar-refractivity contribution in [1.29, 1.82) is 0 Å². The first-order valence-electron chi connectivity index (χ1n) is 5.60. The maximum absolute atomic E-state index is 2.43. The van der Waals surface area contributed by atoms with E-state index in [2.05, 4.69) is 49.9 Å². The van der Waals surface area contributed by atoms with Gasteiger partial charge in [-0.1, -0.05) is 45.0 Å². The van der Waals surface area contributed by atoms with Gasteiger partial charge in [0.15, 0.2) is 0 Å². The minimum atomic E-state index is 1.08. The van der Waals surface area contributed by atoms with Crippen LogP contribution in [0.2, 0.25) is 0 Å². The molecule has 0 aliphatic heterocycles. The summed E-state index contributed by atoms with van der Waals surface area (Å²) in [7, 11) is 0. The van der Waals surface area contributed by atoms with E-state index in [1.54, 1.807) is 0 Å². The smallest absolute Gasteiger partial charge is 0.0233 e. The van der Waals surface area contributed by atoms with Gasteiger partial charge in [0.25, 0.3) is 0 Å². The Morgan fingerprint density at radius 1 is 0.857 bits per heavy atom. The molecule has 0 atom stereocenters.